The van der Waals surface area contributed by atoms with Gasteiger partial charge >= 0.3 is 6.03 Å². The summed E-state index contributed by atoms with van der Waals surface area (Å²) in [5, 5.41) is 16.7. The van der Waals surface area contributed by atoms with Crippen molar-refractivity contribution in [3.8, 4) is 0 Å². The number of hydrogen-bond donors (Lipinski definition) is 2. The van der Waals surface area contributed by atoms with Gasteiger partial charge in [-0.1, -0.05) is 29.5 Å². The zero-order valence-corrected chi connectivity index (χ0v) is 15.1. The Kier molecular flexibility index (Phi) is 5.03. The van der Waals surface area contributed by atoms with Crippen molar-refractivity contribution in [3.05, 3.63) is 29.3 Å². The molecule has 0 saturated heterocycles. The number of nitrogens with one attached hydrogen (secondary N) is 2. The molecule has 1 saturated carbocycles. The zero-order valence-electron chi connectivity index (χ0n) is 14.3. The number of tetrazole rings is 1. The molecule has 1 atom stereocenters. The first-order valence-electron chi connectivity index (χ1n) is 8.07. The second-order valence-corrected chi connectivity index (χ2v) is 7.47. The Morgan fingerprint density at radius 3 is 2.76 bits per heavy atom. The lowest BCUT2D eigenvalue weighted by Crippen LogP contribution is -2.39. The number of hydrogen-bond acceptors (Lipinski definition) is 6. The summed E-state index contributed by atoms with van der Waals surface area (Å²) in [4.78, 5) is 24.3. The van der Waals surface area contributed by atoms with Crippen LogP contribution in [0.5, 0.6) is 0 Å². The fourth-order valence-electron chi connectivity index (χ4n) is 2.34. The monoisotopic (exact) mass is 360 g/mol. The van der Waals surface area contributed by atoms with Crippen LogP contribution in [0.2, 0.25) is 0 Å². The summed E-state index contributed by atoms with van der Waals surface area (Å²) in [5.41, 5.74) is 2.72. The van der Waals surface area contributed by atoms with Crippen LogP contribution < -0.4 is 10.6 Å². The number of anilines is 1. The lowest BCUT2D eigenvalue weighted by atomic mass is 10.1. The van der Waals surface area contributed by atoms with Crippen LogP contribution >= 0.6 is 11.8 Å². The van der Waals surface area contributed by atoms with Crippen molar-refractivity contribution < 1.29 is 9.59 Å². The molecule has 0 bridgehead atoms. The van der Waals surface area contributed by atoms with Crippen LogP contribution in [0.25, 0.3) is 0 Å². The van der Waals surface area contributed by atoms with Crippen LogP contribution in [0, 0.1) is 13.8 Å². The lowest BCUT2D eigenvalue weighted by molar-refractivity contribution is -0.119. The molecule has 9 heteroatoms. The van der Waals surface area contributed by atoms with Gasteiger partial charge in [-0.05, 0) is 55.7 Å². The van der Waals surface area contributed by atoms with Crippen LogP contribution in [0.3, 0.4) is 0 Å². The second kappa shape index (κ2) is 7.22. The summed E-state index contributed by atoms with van der Waals surface area (Å²) in [5.74, 6) is -0.391. The molecule has 1 heterocycles. The standard InChI is InChI=1S/C16H20N6O2S/c1-9-4-7-13(10(2)8-9)17-15(24)18-14(23)11(3)25-16-19-20-21-22(16)12-5-6-12/h4,7-8,11-12H,5-6H2,1-3H3,(H2,17,18,23,24). The molecule has 1 unspecified atom stereocenters. The molecule has 2 N–H and O–H groups in total. The summed E-state index contributed by atoms with van der Waals surface area (Å²) in [6, 6.07) is 5.47. The molecule has 2 aromatic rings. The Balaban J connectivity index is 1.55. The van der Waals surface area contributed by atoms with Crippen molar-refractivity contribution in [1.29, 1.82) is 0 Å². The SMILES string of the molecule is Cc1ccc(NC(=O)NC(=O)C(C)Sc2nnnn2C2CC2)c(C)c1. The summed E-state index contributed by atoms with van der Waals surface area (Å²) in [6.45, 7) is 5.60. The van der Waals surface area contributed by atoms with E-state index in [-0.39, 0.29) is 0 Å². The van der Waals surface area contributed by atoms with Gasteiger partial charge in [-0.3, -0.25) is 10.1 Å². The van der Waals surface area contributed by atoms with Crippen LogP contribution in [0.15, 0.2) is 23.4 Å². The lowest BCUT2D eigenvalue weighted by Gasteiger charge is -2.13. The van der Waals surface area contributed by atoms with E-state index in [4.69, 9.17) is 0 Å². The Hall–Kier alpha value is -2.42. The van der Waals surface area contributed by atoms with Gasteiger partial charge in [0.15, 0.2) is 0 Å². The summed E-state index contributed by atoms with van der Waals surface area (Å²) >= 11 is 1.24. The average molecular weight is 360 g/mol. The molecule has 0 aliphatic heterocycles. The first-order chi connectivity index (χ1) is 11.9. The summed E-state index contributed by atoms with van der Waals surface area (Å²) in [6.07, 6.45) is 2.11. The normalized spacial score (nSPS) is 14.8. The Bertz CT molecular complexity index is 802. The Labute approximate surface area is 149 Å². The van der Waals surface area contributed by atoms with E-state index in [1.165, 1.54) is 11.8 Å². The van der Waals surface area contributed by atoms with Gasteiger partial charge in [0, 0.05) is 5.69 Å². The van der Waals surface area contributed by atoms with E-state index in [9.17, 15) is 9.59 Å². The molecule has 0 radical (unpaired) electrons. The summed E-state index contributed by atoms with van der Waals surface area (Å²) < 4.78 is 1.74. The molecule has 8 nitrogen and oxygen atoms in total. The van der Waals surface area contributed by atoms with Gasteiger partial charge < -0.3 is 5.32 Å². The van der Waals surface area contributed by atoms with Gasteiger partial charge in [0.25, 0.3) is 0 Å². The first kappa shape index (κ1) is 17.4. The number of aryl methyl sites for hydroxylation is 2. The second-order valence-electron chi connectivity index (χ2n) is 6.16. The van der Waals surface area contributed by atoms with Gasteiger partial charge in [0.05, 0.1) is 11.3 Å². The molecule has 3 amide bonds. The molecular formula is C16H20N6O2S. The number of thioether (sulfide) groups is 1. The number of amides is 3. The van der Waals surface area contributed by atoms with Crippen molar-refractivity contribution in [2.24, 2.45) is 0 Å². The smallest absolute Gasteiger partial charge is 0.307 e. The van der Waals surface area contributed by atoms with Crippen molar-refractivity contribution >= 4 is 29.4 Å². The number of benzene rings is 1. The predicted octanol–water partition coefficient (Wildman–Crippen LogP) is 2.45. The largest absolute Gasteiger partial charge is 0.325 e. The van der Waals surface area contributed by atoms with E-state index >= 15 is 0 Å². The Morgan fingerprint density at radius 1 is 1.32 bits per heavy atom. The maximum absolute atomic E-state index is 12.2. The average Bonchev–Trinajstić information content (AvgIpc) is 3.30. The van der Waals surface area contributed by atoms with Crippen molar-refractivity contribution in [1.82, 2.24) is 25.5 Å². The van der Waals surface area contributed by atoms with Crippen LogP contribution in [-0.4, -0.2) is 37.4 Å². The molecule has 1 fully saturated rings. The molecule has 1 aliphatic carbocycles. The van der Waals surface area contributed by atoms with Crippen molar-refractivity contribution in [2.75, 3.05) is 5.32 Å². The van der Waals surface area contributed by atoms with Gasteiger partial charge in [-0.25, -0.2) is 9.48 Å². The number of rotatable bonds is 5. The number of urea groups is 1. The zero-order chi connectivity index (χ0) is 18.0. The highest BCUT2D eigenvalue weighted by Crippen LogP contribution is 2.37. The highest BCUT2D eigenvalue weighted by Gasteiger charge is 2.29. The fourth-order valence-corrected chi connectivity index (χ4v) is 3.20. The highest BCUT2D eigenvalue weighted by atomic mass is 32.2. The third-order valence-corrected chi connectivity index (χ3v) is 4.92. The molecule has 132 valence electrons. The molecule has 1 aliphatic rings. The topological polar surface area (TPSA) is 102 Å². The van der Waals surface area contributed by atoms with E-state index in [1.807, 2.05) is 32.0 Å². The van der Waals surface area contributed by atoms with E-state index in [1.54, 1.807) is 11.6 Å². The van der Waals surface area contributed by atoms with Gasteiger partial charge in [-0.2, -0.15) is 0 Å². The molecule has 0 spiro atoms. The van der Waals surface area contributed by atoms with E-state index in [0.717, 1.165) is 24.0 Å². The quantitative estimate of drug-likeness (QED) is 0.794. The van der Waals surface area contributed by atoms with Crippen molar-refractivity contribution in [3.63, 3.8) is 0 Å². The maximum Gasteiger partial charge on any atom is 0.325 e. The molecule has 25 heavy (non-hydrogen) atoms. The van der Waals surface area contributed by atoms with Crippen LogP contribution in [-0.2, 0) is 4.79 Å². The first-order valence-corrected chi connectivity index (χ1v) is 8.95. The molecule has 1 aromatic heterocycles. The number of nitrogens with zero attached hydrogens (tertiary/aromatic N) is 4. The minimum Gasteiger partial charge on any atom is -0.307 e. The van der Waals surface area contributed by atoms with E-state index < -0.39 is 17.2 Å². The molecular weight excluding hydrogens is 340 g/mol. The predicted molar refractivity (Wildman–Crippen MR) is 94.5 cm³/mol. The number of carbonyl (C=O) groups excluding carboxylic acids is 2. The highest BCUT2D eigenvalue weighted by molar-refractivity contribution is 8.00. The van der Waals surface area contributed by atoms with E-state index in [0.29, 0.717) is 16.9 Å². The maximum atomic E-state index is 12.2. The third-order valence-electron chi connectivity index (χ3n) is 3.87. The van der Waals surface area contributed by atoms with Gasteiger partial charge in [0.2, 0.25) is 11.1 Å². The number of carbonyl (C=O) groups is 2. The van der Waals surface area contributed by atoms with Crippen LogP contribution in [0.1, 0.15) is 36.9 Å². The molecule has 1 aromatic carbocycles. The van der Waals surface area contributed by atoms with Gasteiger partial charge in [0.1, 0.15) is 0 Å². The Morgan fingerprint density at radius 2 is 2.08 bits per heavy atom. The minimum atomic E-state index is -0.550. The van der Waals surface area contributed by atoms with Crippen molar-refractivity contribution in [2.45, 2.75) is 50.1 Å². The van der Waals surface area contributed by atoms with Gasteiger partial charge in [-0.15, -0.1) is 5.10 Å². The summed E-state index contributed by atoms with van der Waals surface area (Å²) in [7, 11) is 0. The molecule has 3 rings (SSSR count). The van der Waals surface area contributed by atoms with Crippen LogP contribution in [0.4, 0.5) is 10.5 Å². The third kappa shape index (κ3) is 4.36. The minimum absolute atomic E-state index is 0.334. The number of imide groups is 1. The number of aromatic nitrogens is 4. The van der Waals surface area contributed by atoms with E-state index in [2.05, 4.69) is 26.2 Å². The fraction of sp³-hybridized carbons (Fsp3) is 0.438.